The van der Waals surface area contributed by atoms with Gasteiger partial charge in [-0.15, -0.1) is 0 Å². The smallest absolute Gasteiger partial charge is 0.259 e. The molecule has 0 aliphatic heterocycles. The van der Waals surface area contributed by atoms with Crippen molar-refractivity contribution in [1.82, 2.24) is 4.67 Å². The van der Waals surface area contributed by atoms with Crippen LogP contribution in [0.1, 0.15) is 120 Å². The lowest BCUT2D eigenvalue weighted by Gasteiger charge is -2.46. The maximum Gasteiger partial charge on any atom is 0.259 e. The SMILES string of the molecule is COc1ccc(C(OC[C@H](O[Si](C)(C)C(C)(C)C)[C@H](CC(CO[Si](C)(C)C(C)(C)C)O[Si](C)(C)C(C)(C)C)OP(OCCC#N)N(C(C)C)C(C)C)(c2ccccc2)c2ccc(OC)cc2)cc1. The minimum absolute atomic E-state index is 0.00609. The summed E-state index contributed by atoms with van der Waals surface area (Å²) in [6.07, 6.45) is -0.859. The molecule has 3 aromatic rings. The second kappa shape index (κ2) is 24.8. The van der Waals surface area contributed by atoms with Crippen molar-refractivity contribution < 1.29 is 36.5 Å². The Bertz CT molecular complexity index is 1930. The Morgan fingerprint density at radius 3 is 1.44 bits per heavy atom. The minimum atomic E-state index is -2.58. The van der Waals surface area contributed by atoms with Gasteiger partial charge >= 0.3 is 0 Å². The lowest BCUT2D eigenvalue weighted by Crippen LogP contribution is -2.53. The highest BCUT2D eigenvalue weighted by molar-refractivity contribution is 7.44. The van der Waals surface area contributed by atoms with Crippen LogP contribution in [0.25, 0.3) is 0 Å². The molecule has 0 aliphatic rings. The Morgan fingerprint density at radius 1 is 0.588 bits per heavy atom. The van der Waals surface area contributed by atoms with Gasteiger partial charge < -0.3 is 36.5 Å². The number of hydrogen-bond donors (Lipinski definition) is 0. The fraction of sp³-hybridized carbons (Fsp3) is 0.648. The lowest BCUT2D eigenvalue weighted by molar-refractivity contribution is -0.0787. The highest BCUT2D eigenvalue weighted by Gasteiger charge is 2.48. The first-order valence-corrected chi connectivity index (χ1v) is 34.5. The van der Waals surface area contributed by atoms with Crippen LogP contribution in [-0.4, -0.2) is 94.1 Å². The van der Waals surface area contributed by atoms with Crippen molar-refractivity contribution in [1.29, 1.82) is 5.26 Å². The van der Waals surface area contributed by atoms with Gasteiger partial charge in [-0.2, -0.15) is 5.26 Å². The fourth-order valence-corrected chi connectivity index (χ4v) is 12.7. The molecule has 0 aliphatic carbocycles. The Kier molecular flexibility index (Phi) is 21.8. The van der Waals surface area contributed by atoms with Crippen LogP contribution in [0, 0.1) is 11.3 Å². The maximum atomic E-state index is 9.72. The van der Waals surface area contributed by atoms with Crippen molar-refractivity contribution in [3.63, 3.8) is 0 Å². The predicted molar refractivity (Wildman–Crippen MR) is 290 cm³/mol. The third-order valence-corrected chi connectivity index (χ3v) is 30.1. The van der Waals surface area contributed by atoms with Crippen LogP contribution in [-0.2, 0) is 32.7 Å². The molecule has 14 heteroatoms. The predicted octanol–water partition coefficient (Wildman–Crippen LogP) is 14.9. The number of nitriles is 1. The Morgan fingerprint density at radius 2 is 1.03 bits per heavy atom. The lowest BCUT2D eigenvalue weighted by atomic mass is 9.80. The molecular formula is C54H91N2O8PSi3. The zero-order valence-corrected chi connectivity index (χ0v) is 49.9. The van der Waals surface area contributed by atoms with E-state index in [0.717, 1.165) is 28.2 Å². The molecule has 4 atom stereocenters. The molecule has 0 spiro atoms. The van der Waals surface area contributed by atoms with E-state index in [0.29, 0.717) is 13.0 Å². The molecule has 2 unspecified atom stereocenters. The summed E-state index contributed by atoms with van der Waals surface area (Å²) >= 11 is 0. The van der Waals surface area contributed by atoms with Crippen LogP contribution < -0.4 is 9.47 Å². The van der Waals surface area contributed by atoms with Crippen molar-refractivity contribution in [3.05, 3.63) is 95.6 Å². The zero-order valence-electron chi connectivity index (χ0n) is 46.0. The average Bonchev–Trinajstić information content (AvgIpc) is 3.24. The Balaban J connectivity index is 2.48. The van der Waals surface area contributed by atoms with Gasteiger partial charge in [-0.1, -0.05) is 117 Å². The van der Waals surface area contributed by atoms with E-state index in [2.05, 4.69) is 189 Å². The highest BCUT2D eigenvalue weighted by atomic mass is 31.2. The Labute approximate surface area is 418 Å². The van der Waals surface area contributed by atoms with Gasteiger partial charge in [0.25, 0.3) is 8.53 Å². The van der Waals surface area contributed by atoms with E-state index < -0.39 is 51.3 Å². The number of ether oxygens (including phenoxy) is 3. The van der Waals surface area contributed by atoms with Crippen molar-refractivity contribution in [2.45, 2.75) is 193 Å². The standard InChI is InChI=1S/C54H91N2O8PSi3/c1-41(2)56(42(3)4)65(60-37-25-36-55)62-49(38-48(63-67(18,19)52(8,9)10)39-61-66(16,17)51(5,6)7)50(64-68(20,21)53(11,12)13)40-59-54(43-26-23-22-24-27-43,44-28-32-46(57-14)33-29-44)45-30-34-47(58-15)35-31-45/h22-24,26-35,41-42,48-50H,25,37-40H2,1-21H3/t48?,49-,50-,65?/m0/s1. The molecule has 0 saturated carbocycles. The van der Waals surface area contributed by atoms with Gasteiger partial charge in [-0.3, -0.25) is 0 Å². The van der Waals surface area contributed by atoms with Crippen LogP contribution in [0.5, 0.6) is 11.5 Å². The van der Waals surface area contributed by atoms with E-state index in [1.165, 1.54) is 0 Å². The van der Waals surface area contributed by atoms with Gasteiger partial charge in [0.05, 0.1) is 64.8 Å². The molecule has 0 heterocycles. The number of rotatable bonds is 26. The summed E-state index contributed by atoms with van der Waals surface area (Å²) in [5, 5.41) is 9.50. The molecule has 3 aromatic carbocycles. The number of hydrogen-bond acceptors (Lipinski definition) is 10. The van der Waals surface area contributed by atoms with E-state index >= 15 is 0 Å². The largest absolute Gasteiger partial charge is 0.497 e. The second-order valence-corrected chi connectivity index (χ2v) is 39.0. The van der Waals surface area contributed by atoms with E-state index in [1.807, 2.05) is 30.3 Å². The summed E-state index contributed by atoms with van der Waals surface area (Å²) in [4.78, 5) is 0. The monoisotopic (exact) mass is 1010 g/mol. The van der Waals surface area contributed by atoms with Crippen LogP contribution in [0.15, 0.2) is 78.9 Å². The summed E-state index contributed by atoms with van der Waals surface area (Å²) in [6, 6.07) is 29.1. The van der Waals surface area contributed by atoms with Gasteiger partial charge in [0.2, 0.25) is 0 Å². The number of nitrogens with zero attached hydrogens (tertiary/aromatic N) is 2. The normalized spacial score (nSPS) is 15.3. The molecule has 382 valence electrons. The van der Waals surface area contributed by atoms with E-state index in [-0.39, 0.29) is 52.9 Å². The Hall–Kier alpha value is -2.45. The van der Waals surface area contributed by atoms with Gasteiger partial charge in [-0.05, 0) is 123 Å². The molecule has 0 fully saturated rings. The summed E-state index contributed by atoms with van der Waals surface area (Å²) in [6.45, 7) is 43.7. The molecule has 0 N–H and O–H groups in total. The molecule has 0 bridgehead atoms. The van der Waals surface area contributed by atoms with Crippen LogP contribution in [0.3, 0.4) is 0 Å². The molecule has 10 nitrogen and oxygen atoms in total. The van der Waals surface area contributed by atoms with Gasteiger partial charge in [0.1, 0.15) is 17.1 Å². The first-order valence-electron chi connectivity index (χ1n) is 24.6. The summed E-state index contributed by atoms with van der Waals surface area (Å²) in [7, 11) is -5.55. The third-order valence-electron chi connectivity index (χ3n) is 14.4. The van der Waals surface area contributed by atoms with E-state index in [9.17, 15) is 5.26 Å². The van der Waals surface area contributed by atoms with Gasteiger partial charge in [0.15, 0.2) is 25.0 Å². The summed E-state index contributed by atoms with van der Waals surface area (Å²) in [5.74, 6) is 1.49. The van der Waals surface area contributed by atoms with E-state index in [1.54, 1.807) is 14.2 Å². The van der Waals surface area contributed by atoms with Crippen LogP contribution in [0.2, 0.25) is 54.4 Å². The van der Waals surface area contributed by atoms with Gasteiger partial charge in [0, 0.05) is 18.5 Å². The summed E-state index contributed by atoms with van der Waals surface area (Å²) in [5.41, 5.74) is 1.69. The summed E-state index contributed by atoms with van der Waals surface area (Å²) < 4.78 is 58.0. The van der Waals surface area contributed by atoms with Crippen molar-refractivity contribution >= 4 is 33.5 Å². The molecule has 0 radical (unpaired) electrons. The van der Waals surface area contributed by atoms with Gasteiger partial charge in [-0.25, -0.2) is 4.67 Å². The minimum Gasteiger partial charge on any atom is -0.497 e. The molecular weight excluding hydrogens is 920 g/mol. The van der Waals surface area contributed by atoms with Crippen molar-refractivity contribution in [2.75, 3.05) is 34.0 Å². The van der Waals surface area contributed by atoms with E-state index in [4.69, 9.17) is 36.5 Å². The second-order valence-electron chi connectivity index (χ2n) is 23.2. The quantitative estimate of drug-likeness (QED) is 0.0334. The first kappa shape index (κ1) is 59.9. The molecule has 0 aromatic heterocycles. The van der Waals surface area contributed by atoms with Crippen molar-refractivity contribution in [2.24, 2.45) is 0 Å². The van der Waals surface area contributed by atoms with Crippen LogP contribution in [0.4, 0.5) is 0 Å². The van der Waals surface area contributed by atoms with Crippen molar-refractivity contribution in [3.8, 4) is 17.6 Å². The highest BCUT2D eigenvalue weighted by Crippen LogP contribution is 2.50. The average molecular weight is 1010 g/mol. The zero-order chi connectivity index (χ0) is 51.5. The first-order chi connectivity index (χ1) is 31.4. The fourth-order valence-electron chi connectivity index (χ4n) is 7.25. The number of benzene rings is 3. The molecule has 68 heavy (non-hydrogen) atoms. The molecule has 0 amide bonds. The topological polar surface area (TPSA) is 101 Å². The van der Waals surface area contributed by atoms with Crippen LogP contribution >= 0.6 is 8.53 Å². The number of methoxy groups -OCH3 is 2. The third kappa shape index (κ3) is 15.8. The molecule has 3 rings (SSSR count). The maximum absolute atomic E-state index is 9.72. The molecule has 0 saturated heterocycles.